The average molecular weight is 389 g/mol. The summed E-state index contributed by atoms with van der Waals surface area (Å²) >= 11 is 0. The van der Waals surface area contributed by atoms with E-state index in [4.69, 9.17) is 0 Å². The molecule has 3 N–H and O–H groups in total. The molecule has 0 radical (unpaired) electrons. The topological polar surface area (TPSA) is 80.1 Å². The fourth-order valence-electron chi connectivity index (χ4n) is 4.09. The zero-order chi connectivity index (χ0) is 19.8. The SMILES string of the molecule is C[C@@H]1[C@@H](O)[C@H](O)[C@@H](O)CN1CC1CCCN(c2ncccc2C(F)(F)F)C1. The lowest BCUT2D eigenvalue weighted by Crippen LogP contribution is -2.61. The Balaban J connectivity index is 1.71. The van der Waals surface area contributed by atoms with Crippen molar-refractivity contribution in [3.63, 3.8) is 0 Å². The number of hydrogen-bond acceptors (Lipinski definition) is 6. The molecule has 1 unspecified atom stereocenters. The number of pyridine rings is 1. The number of likely N-dealkylation sites (tertiary alicyclic amines) is 1. The largest absolute Gasteiger partial charge is 0.419 e. The van der Waals surface area contributed by atoms with Crippen LogP contribution in [0.3, 0.4) is 0 Å². The van der Waals surface area contributed by atoms with E-state index in [0.717, 1.165) is 18.9 Å². The molecule has 5 atom stereocenters. The molecule has 2 fully saturated rings. The molecule has 152 valence electrons. The molecule has 0 aliphatic carbocycles. The highest BCUT2D eigenvalue weighted by Gasteiger charge is 2.40. The average Bonchev–Trinajstić information content (AvgIpc) is 2.64. The van der Waals surface area contributed by atoms with E-state index in [2.05, 4.69) is 4.98 Å². The van der Waals surface area contributed by atoms with Gasteiger partial charge in [-0.3, -0.25) is 4.90 Å². The highest BCUT2D eigenvalue weighted by Crippen LogP contribution is 2.36. The first kappa shape index (κ1) is 20.3. The first-order chi connectivity index (χ1) is 12.7. The van der Waals surface area contributed by atoms with Gasteiger partial charge in [0.15, 0.2) is 0 Å². The molecule has 3 heterocycles. The standard InChI is InChI=1S/C18H26F3N3O3/c1-11-15(26)16(27)14(25)10-24(11)9-12-4-3-7-23(8-12)17-13(18(19,20)21)5-2-6-22-17/h2,5-6,11-12,14-16,25-27H,3-4,7-10H2,1H3/t11-,12?,14+,15-,16-/m1/s1. The number of aliphatic hydroxyl groups is 3. The molecular weight excluding hydrogens is 363 g/mol. The zero-order valence-electron chi connectivity index (χ0n) is 15.2. The third-order valence-electron chi connectivity index (χ3n) is 5.64. The number of nitrogens with zero attached hydrogens (tertiary/aromatic N) is 3. The molecule has 27 heavy (non-hydrogen) atoms. The zero-order valence-corrected chi connectivity index (χ0v) is 15.2. The normalized spacial score (nSPS) is 33.3. The molecule has 0 aromatic carbocycles. The maximum Gasteiger partial charge on any atom is 0.419 e. The van der Waals surface area contributed by atoms with E-state index in [0.29, 0.717) is 19.6 Å². The molecule has 1 aromatic heterocycles. The number of halogens is 3. The first-order valence-electron chi connectivity index (χ1n) is 9.24. The molecule has 6 nitrogen and oxygen atoms in total. The Morgan fingerprint density at radius 1 is 1.19 bits per heavy atom. The number of piperidine rings is 2. The van der Waals surface area contributed by atoms with Gasteiger partial charge in [-0.25, -0.2) is 4.98 Å². The number of aromatic nitrogens is 1. The minimum absolute atomic E-state index is 0.0446. The molecule has 2 saturated heterocycles. The third kappa shape index (κ3) is 4.37. The highest BCUT2D eigenvalue weighted by atomic mass is 19.4. The highest BCUT2D eigenvalue weighted by molar-refractivity contribution is 5.48. The lowest BCUT2D eigenvalue weighted by molar-refractivity contribution is -0.137. The summed E-state index contributed by atoms with van der Waals surface area (Å²) in [7, 11) is 0. The summed E-state index contributed by atoms with van der Waals surface area (Å²) in [4.78, 5) is 7.55. The monoisotopic (exact) mass is 389 g/mol. The van der Waals surface area contributed by atoms with Gasteiger partial charge in [0.05, 0.1) is 17.8 Å². The van der Waals surface area contributed by atoms with E-state index in [-0.39, 0.29) is 24.3 Å². The van der Waals surface area contributed by atoms with Crippen LogP contribution in [-0.4, -0.2) is 75.7 Å². The minimum Gasteiger partial charge on any atom is -0.389 e. The van der Waals surface area contributed by atoms with Gasteiger partial charge in [0.25, 0.3) is 0 Å². The summed E-state index contributed by atoms with van der Waals surface area (Å²) in [6.45, 7) is 3.48. The molecule has 3 rings (SSSR count). The number of aliphatic hydroxyl groups excluding tert-OH is 3. The Labute approximate surface area is 156 Å². The summed E-state index contributed by atoms with van der Waals surface area (Å²) < 4.78 is 39.9. The van der Waals surface area contributed by atoms with Crippen molar-refractivity contribution in [2.75, 3.05) is 31.1 Å². The van der Waals surface area contributed by atoms with Gasteiger partial charge in [0.2, 0.25) is 0 Å². The van der Waals surface area contributed by atoms with Crippen molar-refractivity contribution < 1.29 is 28.5 Å². The van der Waals surface area contributed by atoms with Gasteiger partial charge in [0, 0.05) is 38.4 Å². The second kappa shape index (κ2) is 7.90. The van der Waals surface area contributed by atoms with Crippen molar-refractivity contribution in [2.45, 2.75) is 50.3 Å². The quantitative estimate of drug-likeness (QED) is 0.719. The maximum atomic E-state index is 13.3. The summed E-state index contributed by atoms with van der Waals surface area (Å²) in [5, 5.41) is 29.8. The molecular formula is C18H26F3N3O3. The number of anilines is 1. The molecule has 1 aromatic rings. The summed E-state index contributed by atoms with van der Waals surface area (Å²) in [6, 6.07) is 2.00. The van der Waals surface area contributed by atoms with Crippen LogP contribution in [0.25, 0.3) is 0 Å². The first-order valence-corrected chi connectivity index (χ1v) is 9.24. The maximum absolute atomic E-state index is 13.3. The van der Waals surface area contributed by atoms with Gasteiger partial charge in [-0.1, -0.05) is 0 Å². The van der Waals surface area contributed by atoms with E-state index in [1.807, 2.05) is 4.90 Å². The Kier molecular flexibility index (Phi) is 5.95. The van der Waals surface area contributed by atoms with Crippen molar-refractivity contribution in [3.05, 3.63) is 23.9 Å². The molecule has 0 spiro atoms. The molecule has 9 heteroatoms. The number of alkyl halides is 3. The Hall–Kier alpha value is -1.42. The predicted octanol–water partition coefficient (Wildman–Crippen LogP) is 1.10. The van der Waals surface area contributed by atoms with E-state index in [1.165, 1.54) is 12.3 Å². The fourth-order valence-corrected chi connectivity index (χ4v) is 4.09. The van der Waals surface area contributed by atoms with Crippen molar-refractivity contribution in [1.82, 2.24) is 9.88 Å². The van der Waals surface area contributed by atoms with E-state index in [1.54, 1.807) is 11.8 Å². The van der Waals surface area contributed by atoms with Gasteiger partial charge < -0.3 is 20.2 Å². The number of β-amino-alcohol motifs (C(OH)–C–C–N with tert-alkyl or cyclic N) is 1. The van der Waals surface area contributed by atoms with Gasteiger partial charge in [-0.05, 0) is 37.8 Å². The smallest absolute Gasteiger partial charge is 0.389 e. The summed E-state index contributed by atoms with van der Waals surface area (Å²) in [5.41, 5.74) is -0.731. The van der Waals surface area contributed by atoms with Crippen molar-refractivity contribution in [1.29, 1.82) is 0 Å². The van der Waals surface area contributed by atoms with Crippen LogP contribution in [0.5, 0.6) is 0 Å². The second-order valence-corrected chi connectivity index (χ2v) is 7.57. The Bertz CT molecular complexity index is 646. The third-order valence-corrected chi connectivity index (χ3v) is 5.64. The van der Waals surface area contributed by atoms with E-state index >= 15 is 0 Å². The van der Waals surface area contributed by atoms with Crippen LogP contribution in [0, 0.1) is 5.92 Å². The van der Waals surface area contributed by atoms with Crippen LogP contribution < -0.4 is 4.90 Å². The van der Waals surface area contributed by atoms with Crippen LogP contribution in [0.15, 0.2) is 18.3 Å². The van der Waals surface area contributed by atoms with Gasteiger partial charge in [-0.2, -0.15) is 13.2 Å². The number of rotatable bonds is 3. The molecule has 2 aliphatic rings. The minimum atomic E-state index is -4.46. The molecule has 0 bridgehead atoms. The molecule has 0 saturated carbocycles. The van der Waals surface area contributed by atoms with Crippen molar-refractivity contribution >= 4 is 5.82 Å². The lowest BCUT2D eigenvalue weighted by atomic mass is 9.91. The van der Waals surface area contributed by atoms with Crippen molar-refractivity contribution in [3.8, 4) is 0 Å². The summed E-state index contributed by atoms with van der Waals surface area (Å²) in [6.07, 6.45) is -4.76. The van der Waals surface area contributed by atoms with Crippen LogP contribution in [0.2, 0.25) is 0 Å². The van der Waals surface area contributed by atoms with Crippen LogP contribution >= 0.6 is 0 Å². The van der Waals surface area contributed by atoms with Gasteiger partial charge in [-0.15, -0.1) is 0 Å². The van der Waals surface area contributed by atoms with Gasteiger partial charge >= 0.3 is 6.18 Å². The molecule has 0 amide bonds. The van der Waals surface area contributed by atoms with E-state index < -0.39 is 30.1 Å². The van der Waals surface area contributed by atoms with Crippen LogP contribution in [-0.2, 0) is 6.18 Å². The lowest BCUT2D eigenvalue weighted by Gasteiger charge is -2.45. The number of hydrogen-bond donors (Lipinski definition) is 3. The van der Waals surface area contributed by atoms with Crippen LogP contribution in [0.4, 0.5) is 19.0 Å². The fraction of sp³-hybridized carbons (Fsp3) is 0.722. The Morgan fingerprint density at radius 3 is 2.63 bits per heavy atom. The van der Waals surface area contributed by atoms with Gasteiger partial charge in [0.1, 0.15) is 11.9 Å². The van der Waals surface area contributed by atoms with Crippen LogP contribution in [0.1, 0.15) is 25.3 Å². The van der Waals surface area contributed by atoms with E-state index in [9.17, 15) is 28.5 Å². The summed E-state index contributed by atoms with van der Waals surface area (Å²) in [5.74, 6) is 0.0378. The predicted molar refractivity (Wildman–Crippen MR) is 93.2 cm³/mol. The Morgan fingerprint density at radius 2 is 1.93 bits per heavy atom. The van der Waals surface area contributed by atoms with Crippen molar-refractivity contribution in [2.24, 2.45) is 5.92 Å². The molecule has 2 aliphatic heterocycles. The second-order valence-electron chi connectivity index (χ2n) is 7.57.